The number of aliphatic carboxylic acids is 1. The van der Waals surface area contributed by atoms with Gasteiger partial charge in [-0.25, -0.2) is 13.2 Å². The number of anilines is 1. The van der Waals surface area contributed by atoms with E-state index >= 15 is 0 Å². The molecule has 8 nitrogen and oxygen atoms in total. The minimum atomic E-state index is -4.22. The van der Waals surface area contributed by atoms with Gasteiger partial charge in [-0.2, -0.15) is 0 Å². The van der Waals surface area contributed by atoms with Crippen molar-refractivity contribution in [1.82, 2.24) is 4.57 Å². The van der Waals surface area contributed by atoms with E-state index in [0.717, 1.165) is 15.1 Å². The van der Waals surface area contributed by atoms with Crippen LogP contribution in [-0.4, -0.2) is 41.7 Å². The quantitative estimate of drug-likeness (QED) is 0.350. The molecule has 4 rings (SSSR count). The van der Waals surface area contributed by atoms with Gasteiger partial charge in [0.2, 0.25) is 0 Å². The van der Waals surface area contributed by atoms with E-state index in [9.17, 15) is 28.2 Å². The molecule has 0 radical (unpaired) electrons. The van der Waals surface area contributed by atoms with Crippen LogP contribution < -0.4 is 4.31 Å². The monoisotopic (exact) mass is 492 g/mol. The maximum atomic E-state index is 13.6. The Bertz CT molecular complexity index is 1520. The van der Waals surface area contributed by atoms with Crippen LogP contribution in [0.25, 0.3) is 22.0 Å². The Balaban J connectivity index is 1.82. The van der Waals surface area contributed by atoms with Gasteiger partial charge < -0.3 is 14.8 Å². The predicted octanol–water partition coefficient (Wildman–Crippen LogP) is 4.70. The van der Waals surface area contributed by atoms with Gasteiger partial charge in [-0.05, 0) is 53.6 Å². The fraction of sp³-hybridized carbons (Fsp3) is 0.154. The largest absolute Gasteiger partial charge is 0.480 e. The zero-order valence-electron chi connectivity index (χ0n) is 19.0. The zero-order chi connectivity index (χ0) is 25.2. The van der Waals surface area contributed by atoms with E-state index in [4.69, 9.17) is 0 Å². The smallest absolute Gasteiger partial charge is 0.352 e. The van der Waals surface area contributed by atoms with Crippen LogP contribution in [0.3, 0.4) is 0 Å². The Morgan fingerprint density at radius 1 is 0.886 bits per heavy atom. The Hall–Kier alpha value is -4.11. The van der Waals surface area contributed by atoms with Crippen LogP contribution in [0.4, 0.5) is 5.69 Å². The molecule has 4 aromatic rings. The fourth-order valence-corrected chi connectivity index (χ4v) is 5.53. The van der Waals surface area contributed by atoms with Crippen LogP contribution in [0.15, 0.2) is 83.8 Å². The Morgan fingerprint density at radius 3 is 2.31 bits per heavy atom. The number of hydrogen-bond donors (Lipinski definition) is 2. The number of nitrogens with zero attached hydrogens (tertiary/aromatic N) is 2. The molecular formula is C26H24N2O6S. The van der Waals surface area contributed by atoms with Gasteiger partial charge in [0.1, 0.15) is 12.2 Å². The summed E-state index contributed by atoms with van der Waals surface area (Å²) in [6, 6.07) is 21.6. The standard InChI is InChI=1S/C26H24N2O6S/c1-2-14-27-23(12-13-24(27)26(31)32)20-8-5-9-21(15-20)28(17-25(29)30)35(33,34)22-11-10-18-6-3-4-7-19(18)16-22/h3-13,15-16H,2,14,17H2,1H3,(H,29,30)(H,31,32). The molecule has 3 aromatic carbocycles. The van der Waals surface area contributed by atoms with Gasteiger partial charge in [0.25, 0.3) is 10.0 Å². The van der Waals surface area contributed by atoms with Gasteiger partial charge in [-0.3, -0.25) is 9.10 Å². The average molecular weight is 493 g/mol. The lowest BCUT2D eigenvalue weighted by Crippen LogP contribution is -2.35. The Labute approximate surface area is 202 Å². The summed E-state index contributed by atoms with van der Waals surface area (Å²) in [6.45, 7) is 1.62. The average Bonchev–Trinajstić information content (AvgIpc) is 3.26. The van der Waals surface area contributed by atoms with E-state index in [-0.39, 0.29) is 16.3 Å². The maximum absolute atomic E-state index is 13.6. The van der Waals surface area contributed by atoms with Crippen LogP contribution in [0, 0.1) is 0 Å². The molecule has 0 unspecified atom stereocenters. The maximum Gasteiger partial charge on any atom is 0.352 e. The number of hydrogen-bond acceptors (Lipinski definition) is 4. The molecule has 0 aliphatic carbocycles. The Morgan fingerprint density at radius 2 is 1.63 bits per heavy atom. The predicted molar refractivity (Wildman–Crippen MR) is 133 cm³/mol. The molecule has 0 aliphatic rings. The van der Waals surface area contributed by atoms with Crippen molar-refractivity contribution in [2.75, 3.05) is 10.8 Å². The molecule has 0 saturated carbocycles. The molecule has 0 fully saturated rings. The number of fused-ring (bicyclic) bond motifs is 1. The highest BCUT2D eigenvalue weighted by molar-refractivity contribution is 7.92. The topological polar surface area (TPSA) is 117 Å². The van der Waals surface area contributed by atoms with Crippen LogP contribution in [-0.2, 0) is 21.4 Å². The first-order valence-electron chi connectivity index (χ1n) is 11.0. The fourth-order valence-electron chi connectivity index (χ4n) is 4.08. The van der Waals surface area contributed by atoms with Crippen molar-refractivity contribution >= 4 is 38.4 Å². The number of aromatic nitrogens is 1. The van der Waals surface area contributed by atoms with Gasteiger partial charge in [0.15, 0.2) is 0 Å². The van der Waals surface area contributed by atoms with Gasteiger partial charge in [-0.15, -0.1) is 0 Å². The molecule has 2 N–H and O–H groups in total. The second-order valence-electron chi connectivity index (χ2n) is 8.03. The number of sulfonamides is 1. The van der Waals surface area contributed by atoms with Crippen molar-refractivity contribution in [3.63, 3.8) is 0 Å². The van der Waals surface area contributed by atoms with Crippen molar-refractivity contribution in [2.24, 2.45) is 0 Å². The summed E-state index contributed by atoms with van der Waals surface area (Å²) in [5.41, 5.74) is 1.47. The van der Waals surface area contributed by atoms with Crippen molar-refractivity contribution < 1.29 is 28.2 Å². The summed E-state index contributed by atoms with van der Waals surface area (Å²) in [6.07, 6.45) is 0.698. The van der Waals surface area contributed by atoms with Gasteiger partial charge >= 0.3 is 11.9 Å². The molecule has 0 amide bonds. The number of carbonyl (C=O) groups is 2. The molecule has 35 heavy (non-hydrogen) atoms. The van der Waals surface area contributed by atoms with Crippen LogP contribution >= 0.6 is 0 Å². The first kappa shape index (κ1) is 24.0. The van der Waals surface area contributed by atoms with Crippen molar-refractivity contribution in [1.29, 1.82) is 0 Å². The van der Waals surface area contributed by atoms with Crippen molar-refractivity contribution in [2.45, 2.75) is 24.8 Å². The lowest BCUT2D eigenvalue weighted by molar-refractivity contribution is -0.135. The first-order valence-corrected chi connectivity index (χ1v) is 12.4. The molecule has 0 aliphatic heterocycles. The first-order chi connectivity index (χ1) is 16.7. The Kier molecular flexibility index (Phi) is 6.61. The van der Waals surface area contributed by atoms with Crippen LogP contribution in [0.2, 0.25) is 0 Å². The second kappa shape index (κ2) is 9.63. The summed E-state index contributed by atoms with van der Waals surface area (Å²) in [5, 5.41) is 20.6. The van der Waals surface area contributed by atoms with E-state index in [1.54, 1.807) is 47.0 Å². The third-order valence-corrected chi connectivity index (χ3v) is 7.43. The summed E-state index contributed by atoms with van der Waals surface area (Å²) in [5.74, 6) is -2.37. The highest BCUT2D eigenvalue weighted by atomic mass is 32.2. The summed E-state index contributed by atoms with van der Waals surface area (Å²) in [4.78, 5) is 23.3. The van der Waals surface area contributed by atoms with Gasteiger partial charge in [-0.1, -0.05) is 49.4 Å². The highest BCUT2D eigenvalue weighted by Crippen LogP contribution is 2.31. The number of carboxylic acid groups (broad SMARTS) is 2. The normalized spacial score (nSPS) is 11.5. The van der Waals surface area contributed by atoms with E-state index < -0.39 is 28.5 Å². The SMILES string of the molecule is CCCn1c(C(=O)O)ccc1-c1cccc(N(CC(=O)O)S(=O)(=O)c2ccc3ccccc3c2)c1. The molecule has 0 spiro atoms. The van der Waals surface area contributed by atoms with Crippen molar-refractivity contribution in [3.8, 4) is 11.3 Å². The molecule has 0 bridgehead atoms. The lowest BCUT2D eigenvalue weighted by atomic mass is 10.1. The number of rotatable bonds is 9. The van der Waals surface area contributed by atoms with Crippen molar-refractivity contribution in [3.05, 3.63) is 84.6 Å². The van der Waals surface area contributed by atoms with Crippen LogP contribution in [0.5, 0.6) is 0 Å². The summed E-state index contributed by atoms with van der Waals surface area (Å²) in [7, 11) is -4.22. The minimum absolute atomic E-state index is 0.0228. The van der Waals surface area contributed by atoms with Crippen LogP contribution in [0.1, 0.15) is 23.8 Å². The molecule has 9 heteroatoms. The number of carboxylic acids is 2. The molecule has 180 valence electrons. The van der Waals surface area contributed by atoms with E-state index in [1.807, 2.05) is 19.1 Å². The molecule has 1 aromatic heterocycles. The molecule has 0 saturated heterocycles. The lowest BCUT2D eigenvalue weighted by Gasteiger charge is -2.24. The van der Waals surface area contributed by atoms with Gasteiger partial charge in [0, 0.05) is 17.8 Å². The third kappa shape index (κ3) is 4.76. The minimum Gasteiger partial charge on any atom is -0.480 e. The molecule has 1 heterocycles. The molecular weight excluding hydrogens is 468 g/mol. The zero-order valence-corrected chi connectivity index (χ0v) is 19.8. The number of aromatic carboxylic acids is 1. The highest BCUT2D eigenvalue weighted by Gasteiger charge is 2.28. The third-order valence-electron chi connectivity index (χ3n) is 5.66. The summed E-state index contributed by atoms with van der Waals surface area (Å²) < 4.78 is 29.7. The van der Waals surface area contributed by atoms with E-state index in [0.29, 0.717) is 24.2 Å². The molecule has 0 atom stereocenters. The number of benzene rings is 3. The van der Waals surface area contributed by atoms with E-state index in [2.05, 4.69) is 0 Å². The summed E-state index contributed by atoms with van der Waals surface area (Å²) >= 11 is 0. The van der Waals surface area contributed by atoms with E-state index in [1.165, 1.54) is 24.3 Å². The van der Waals surface area contributed by atoms with Gasteiger partial charge in [0.05, 0.1) is 10.6 Å². The second-order valence-corrected chi connectivity index (χ2v) is 9.89.